The molecule has 0 saturated carbocycles. The Morgan fingerprint density at radius 2 is 2.03 bits per heavy atom. The fourth-order valence-corrected chi connectivity index (χ4v) is 4.76. The number of H-pyrrole nitrogens is 1. The molecule has 0 radical (unpaired) electrons. The van der Waals surface area contributed by atoms with Crippen LogP contribution in [-0.2, 0) is 11.8 Å². The SMILES string of the molecule is C[C@@H]1OCC2(CCN(c3nc4n[nH]c(C#Cc5ccc(F)cc5F)c4c(=O)n3C)CC2)[C@@H]1N. The lowest BCUT2D eigenvalue weighted by Crippen LogP contribution is -2.51. The Morgan fingerprint density at radius 3 is 2.70 bits per heavy atom. The summed E-state index contributed by atoms with van der Waals surface area (Å²) < 4.78 is 34.3. The summed E-state index contributed by atoms with van der Waals surface area (Å²) in [6.45, 7) is 4.07. The van der Waals surface area contributed by atoms with Gasteiger partial charge in [0.25, 0.3) is 5.56 Å². The topological polar surface area (TPSA) is 102 Å². The van der Waals surface area contributed by atoms with Gasteiger partial charge in [-0.2, -0.15) is 10.1 Å². The zero-order chi connectivity index (χ0) is 23.3. The van der Waals surface area contributed by atoms with Gasteiger partial charge in [-0.05, 0) is 37.8 Å². The third-order valence-electron chi connectivity index (χ3n) is 6.91. The van der Waals surface area contributed by atoms with Gasteiger partial charge < -0.3 is 15.4 Å². The first-order chi connectivity index (χ1) is 15.8. The average Bonchev–Trinajstić information content (AvgIpc) is 3.33. The van der Waals surface area contributed by atoms with Crippen LogP contribution in [0.1, 0.15) is 31.0 Å². The normalized spacial score (nSPS) is 22.0. The standard InChI is InChI=1S/C23H24F2N6O2/c1-13-19(26)23(12-33-13)7-9-31(10-8-23)22-27-20-18(21(32)30(22)2)17(28-29-20)6-4-14-3-5-15(24)11-16(14)25/h3,5,11,13,19H,7-10,12,26H2,1-2H3,(H,28,29)/t13-,19+/m0/s1. The predicted octanol–water partition coefficient (Wildman–Crippen LogP) is 1.67. The van der Waals surface area contributed by atoms with Gasteiger partial charge in [0.05, 0.1) is 18.3 Å². The predicted molar refractivity (Wildman–Crippen MR) is 119 cm³/mol. The van der Waals surface area contributed by atoms with Gasteiger partial charge in [-0.15, -0.1) is 0 Å². The number of hydrogen-bond donors (Lipinski definition) is 2. The van der Waals surface area contributed by atoms with Crippen LogP contribution in [0.15, 0.2) is 23.0 Å². The minimum absolute atomic E-state index is 0.00248. The number of aromatic amines is 1. The number of halogens is 2. The number of fused-ring (bicyclic) bond motifs is 1. The van der Waals surface area contributed by atoms with Crippen molar-refractivity contribution in [2.75, 3.05) is 24.6 Å². The largest absolute Gasteiger partial charge is 0.376 e. The van der Waals surface area contributed by atoms with Crippen molar-refractivity contribution in [3.8, 4) is 11.8 Å². The zero-order valence-corrected chi connectivity index (χ0v) is 18.4. The Kier molecular flexibility index (Phi) is 5.18. The van der Waals surface area contributed by atoms with Gasteiger partial charge in [0, 0.05) is 37.7 Å². The van der Waals surface area contributed by atoms with E-state index in [4.69, 9.17) is 10.5 Å². The molecule has 2 aliphatic heterocycles. The maximum Gasteiger partial charge on any atom is 0.267 e. The van der Waals surface area contributed by atoms with E-state index >= 15 is 0 Å². The number of hydrogen-bond acceptors (Lipinski definition) is 6. The third-order valence-corrected chi connectivity index (χ3v) is 6.91. The lowest BCUT2D eigenvalue weighted by Gasteiger charge is -2.41. The van der Waals surface area contributed by atoms with E-state index in [1.807, 2.05) is 6.92 Å². The molecule has 2 atom stereocenters. The van der Waals surface area contributed by atoms with Gasteiger partial charge >= 0.3 is 0 Å². The fraction of sp³-hybridized carbons (Fsp3) is 0.435. The minimum Gasteiger partial charge on any atom is -0.376 e. The van der Waals surface area contributed by atoms with Gasteiger partial charge in [-0.25, -0.2) is 8.78 Å². The lowest BCUT2D eigenvalue weighted by atomic mass is 9.73. The van der Waals surface area contributed by atoms with Crippen LogP contribution in [-0.4, -0.2) is 51.6 Å². The number of ether oxygens (including phenoxy) is 1. The van der Waals surface area contributed by atoms with E-state index in [9.17, 15) is 13.6 Å². The molecular formula is C23H24F2N6O2. The van der Waals surface area contributed by atoms with E-state index in [0.29, 0.717) is 25.6 Å². The van der Waals surface area contributed by atoms with E-state index in [-0.39, 0.29) is 45.4 Å². The molecule has 2 saturated heterocycles. The van der Waals surface area contributed by atoms with Crippen LogP contribution in [0.3, 0.4) is 0 Å². The molecule has 172 valence electrons. The van der Waals surface area contributed by atoms with E-state index in [2.05, 4.69) is 31.9 Å². The first-order valence-corrected chi connectivity index (χ1v) is 10.8. The quantitative estimate of drug-likeness (QED) is 0.543. The summed E-state index contributed by atoms with van der Waals surface area (Å²) in [6, 6.07) is 3.13. The van der Waals surface area contributed by atoms with Crippen LogP contribution < -0.4 is 16.2 Å². The summed E-state index contributed by atoms with van der Waals surface area (Å²) in [5.41, 5.74) is 6.56. The van der Waals surface area contributed by atoms with Crippen molar-refractivity contribution in [2.45, 2.75) is 31.9 Å². The highest BCUT2D eigenvalue weighted by Crippen LogP contribution is 2.41. The molecule has 2 aliphatic rings. The van der Waals surface area contributed by atoms with Crippen LogP contribution in [0.5, 0.6) is 0 Å². The second-order valence-electron chi connectivity index (χ2n) is 8.84. The Labute approximate surface area is 188 Å². The van der Waals surface area contributed by atoms with Crippen LogP contribution in [0, 0.1) is 28.9 Å². The number of benzene rings is 1. The number of anilines is 1. The average molecular weight is 454 g/mol. The molecule has 3 N–H and O–H groups in total. The van der Waals surface area contributed by atoms with Crippen molar-refractivity contribution in [1.82, 2.24) is 19.7 Å². The zero-order valence-electron chi connectivity index (χ0n) is 18.4. The Bertz CT molecular complexity index is 1350. The highest BCUT2D eigenvalue weighted by atomic mass is 19.1. The van der Waals surface area contributed by atoms with Crippen molar-refractivity contribution in [1.29, 1.82) is 0 Å². The molecule has 1 spiro atoms. The molecule has 2 aromatic heterocycles. The molecule has 0 amide bonds. The van der Waals surface area contributed by atoms with Crippen molar-refractivity contribution in [3.63, 3.8) is 0 Å². The highest BCUT2D eigenvalue weighted by Gasteiger charge is 2.47. The first kappa shape index (κ1) is 21.6. The molecule has 3 aromatic rings. The summed E-state index contributed by atoms with van der Waals surface area (Å²) in [5, 5.41) is 7.09. The first-order valence-electron chi connectivity index (χ1n) is 10.8. The van der Waals surface area contributed by atoms with Gasteiger partial charge in [-0.3, -0.25) is 14.5 Å². The molecule has 5 rings (SSSR count). The van der Waals surface area contributed by atoms with E-state index in [1.165, 1.54) is 10.6 Å². The molecule has 33 heavy (non-hydrogen) atoms. The molecule has 8 nitrogen and oxygen atoms in total. The summed E-state index contributed by atoms with van der Waals surface area (Å²) in [7, 11) is 1.66. The molecule has 2 fully saturated rings. The monoisotopic (exact) mass is 454 g/mol. The van der Waals surface area contributed by atoms with Gasteiger partial charge in [0.15, 0.2) is 5.65 Å². The summed E-state index contributed by atoms with van der Waals surface area (Å²) in [4.78, 5) is 19.8. The van der Waals surface area contributed by atoms with Crippen LogP contribution in [0.4, 0.5) is 14.7 Å². The number of nitrogens with two attached hydrogens (primary N) is 1. The van der Waals surface area contributed by atoms with Crippen LogP contribution in [0.25, 0.3) is 11.0 Å². The maximum absolute atomic E-state index is 13.9. The molecule has 1 aromatic carbocycles. The van der Waals surface area contributed by atoms with Crippen molar-refractivity contribution >= 4 is 17.0 Å². The lowest BCUT2D eigenvalue weighted by molar-refractivity contribution is 0.0973. The second-order valence-corrected chi connectivity index (χ2v) is 8.84. The fourth-order valence-electron chi connectivity index (χ4n) is 4.76. The van der Waals surface area contributed by atoms with E-state index < -0.39 is 11.6 Å². The molecule has 10 heteroatoms. The molecule has 4 heterocycles. The molecular weight excluding hydrogens is 430 g/mol. The summed E-state index contributed by atoms with van der Waals surface area (Å²) in [6.07, 6.45) is 1.75. The second kappa shape index (κ2) is 7.93. The molecule has 0 aliphatic carbocycles. The molecule has 0 bridgehead atoms. The van der Waals surface area contributed by atoms with Crippen LogP contribution in [0.2, 0.25) is 0 Å². The summed E-state index contributed by atoms with van der Waals surface area (Å²) in [5.74, 6) is 4.42. The van der Waals surface area contributed by atoms with Crippen molar-refractivity contribution in [3.05, 3.63) is 51.4 Å². The number of rotatable bonds is 1. The van der Waals surface area contributed by atoms with Crippen LogP contribution >= 0.6 is 0 Å². The maximum atomic E-state index is 13.9. The van der Waals surface area contributed by atoms with Crippen molar-refractivity contribution < 1.29 is 13.5 Å². The van der Waals surface area contributed by atoms with Gasteiger partial charge in [0.2, 0.25) is 5.95 Å². The summed E-state index contributed by atoms with van der Waals surface area (Å²) >= 11 is 0. The van der Waals surface area contributed by atoms with Gasteiger partial charge in [-0.1, -0.05) is 5.92 Å². The van der Waals surface area contributed by atoms with E-state index in [1.54, 1.807) is 7.05 Å². The van der Waals surface area contributed by atoms with Crippen molar-refractivity contribution in [2.24, 2.45) is 18.2 Å². The third kappa shape index (κ3) is 3.57. The highest BCUT2D eigenvalue weighted by molar-refractivity contribution is 5.81. The van der Waals surface area contributed by atoms with E-state index in [0.717, 1.165) is 25.0 Å². The number of piperidine rings is 1. The number of nitrogens with zero attached hydrogens (tertiary/aromatic N) is 4. The molecule has 0 unspecified atom stereocenters. The number of aromatic nitrogens is 4. The Hall–Kier alpha value is -3.29. The smallest absolute Gasteiger partial charge is 0.267 e. The van der Waals surface area contributed by atoms with Gasteiger partial charge in [0.1, 0.15) is 22.7 Å². The Balaban J connectivity index is 1.44. The number of nitrogens with one attached hydrogen (secondary N) is 1. The Morgan fingerprint density at radius 1 is 1.27 bits per heavy atom. The minimum atomic E-state index is -0.774.